The summed E-state index contributed by atoms with van der Waals surface area (Å²) < 4.78 is 65.9. The average molecular weight is 574 g/mol. The zero-order chi connectivity index (χ0) is 27.3. The van der Waals surface area contributed by atoms with E-state index in [9.17, 15) is 21.6 Å². The van der Waals surface area contributed by atoms with Crippen LogP contribution in [0.1, 0.15) is 10.4 Å². The summed E-state index contributed by atoms with van der Waals surface area (Å²) in [5, 5.41) is 4.35. The first-order valence-corrected chi connectivity index (χ1v) is 14.8. The van der Waals surface area contributed by atoms with Crippen molar-refractivity contribution in [1.82, 2.24) is 0 Å². The van der Waals surface area contributed by atoms with Crippen molar-refractivity contribution in [3.63, 3.8) is 0 Å². The van der Waals surface area contributed by atoms with E-state index in [1.54, 1.807) is 23.6 Å². The maximum Gasteiger partial charge on any atom is 0.271 e. The number of thiophene rings is 1. The fraction of sp³-hybridized carbons (Fsp3) is 0.0800. The van der Waals surface area contributed by atoms with Gasteiger partial charge in [0.1, 0.15) is 15.7 Å². The van der Waals surface area contributed by atoms with Gasteiger partial charge in [0.2, 0.25) is 0 Å². The van der Waals surface area contributed by atoms with Crippen molar-refractivity contribution < 1.29 is 31.1 Å². The summed E-state index contributed by atoms with van der Waals surface area (Å²) >= 11 is 1.10. The van der Waals surface area contributed by atoms with Gasteiger partial charge in [-0.05, 0) is 72.1 Å². The van der Waals surface area contributed by atoms with Crippen molar-refractivity contribution in [2.24, 2.45) is 0 Å². The van der Waals surface area contributed by atoms with E-state index in [-0.39, 0.29) is 20.4 Å². The van der Waals surface area contributed by atoms with Crippen LogP contribution in [0.4, 0.5) is 17.1 Å². The van der Waals surface area contributed by atoms with Crippen LogP contribution in [-0.4, -0.2) is 37.0 Å². The Balaban J connectivity index is 1.41. The van der Waals surface area contributed by atoms with Crippen LogP contribution in [-0.2, 0) is 20.0 Å². The molecule has 4 rings (SSSR count). The molecule has 0 saturated carbocycles. The number of anilines is 3. The van der Waals surface area contributed by atoms with E-state index in [2.05, 4.69) is 14.8 Å². The van der Waals surface area contributed by atoms with Gasteiger partial charge in [-0.1, -0.05) is 6.07 Å². The van der Waals surface area contributed by atoms with E-state index in [1.165, 1.54) is 74.9 Å². The Morgan fingerprint density at radius 3 is 2.05 bits per heavy atom. The lowest BCUT2D eigenvalue weighted by atomic mass is 10.2. The first-order valence-electron chi connectivity index (χ1n) is 10.9. The molecule has 1 amide bonds. The first kappa shape index (κ1) is 27.0. The number of carbonyl (C=O) groups excluding carboxylic acids is 1. The number of hydrogen-bond acceptors (Lipinski definition) is 8. The summed E-state index contributed by atoms with van der Waals surface area (Å²) in [7, 11) is -4.72. The van der Waals surface area contributed by atoms with Gasteiger partial charge in [-0.25, -0.2) is 16.8 Å². The third kappa shape index (κ3) is 6.25. The summed E-state index contributed by atoms with van der Waals surface area (Å²) in [5.41, 5.74) is 1.21. The largest absolute Gasteiger partial charge is 0.497 e. The molecule has 13 heteroatoms. The van der Waals surface area contributed by atoms with Crippen molar-refractivity contribution in [1.29, 1.82) is 0 Å². The molecule has 0 saturated heterocycles. The minimum absolute atomic E-state index is 0.0178. The normalized spacial score (nSPS) is 11.4. The van der Waals surface area contributed by atoms with Gasteiger partial charge in [0.25, 0.3) is 26.0 Å². The second-order valence-corrected chi connectivity index (χ2v) is 12.3. The highest BCUT2D eigenvalue weighted by atomic mass is 32.2. The highest BCUT2D eigenvalue weighted by molar-refractivity contribution is 7.94. The van der Waals surface area contributed by atoms with Crippen LogP contribution in [0.3, 0.4) is 0 Å². The predicted octanol–water partition coefficient (Wildman–Crippen LogP) is 4.62. The second kappa shape index (κ2) is 11.1. The summed E-state index contributed by atoms with van der Waals surface area (Å²) in [6.07, 6.45) is 0. The molecule has 0 aliphatic carbocycles. The van der Waals surface area contributed by atoms with Crippen LogP contribution >= 0.6 is 11.3 Å². The maximum absolute atomic E-state index is 12.9. The van der Waals surface area contributed by atoms with E-state index in [4.69, 9.17) is 9.47 Å². The number of benzene rings is 3. The molecule has 10 nitrogen and oxygen atoms in total. The number of carbonyl (C=O) groups is 1. The maximum atomic E-state index is 12.9. The van der Waals surface area contributed by atoms with Crippen LogP contribution in [0.2, 0.25) is 0 Å². The molecule has 0 spiro atoms. The minimum Gasteiger partial charge on any atom is -0.497 e. The Morgan fingerprint density at radius 1 is 0.763 bits per heavy atom. The third-order valence-electron chi connectivity index (χ3n) is 5.23. The fourth-order valence-electron chi connectivity index (χ4n) is 3.32. The van der Waals surface area contributed by atoms with Gasteiger partial charge in [0, 0.05) is 23.0 Å². The number of hydrogen-bond donors (Lipinski definition) is 3. The molecule has 0 bridgehead atoms. The average Bonchev–Trinajstić information content (AvgIpc) is 3.46. The van der Waals surface area contributed by atoms with Gasteiger partial charge in [-0.3, -0.25) is 14.2 Å². The smallest absolute Gasteiger partial charge is 0.271 e. The molecule has 38 heavy (non-hydrogen) atoms. The van der Waals surface area contributed by atoms with Crippen LogP contribution in [0.15, 0.2) is 93.3 Å². The van der Waals surface area contributed by atoms with Gasteiger partial charge < -0.3 is 14.8 Å². The molecule has 0 unspecified atom stereocenters. The van der Waals surface area contributed by atoms with Gasteiger partial charge in [0.15, 0.2) is 0 Å². The summed E-state index contributed by atoms with van der Waals surface area (Å²) in [6, 6.07) is 19.4. The van der Waals surface area contributed by atoms with Crippen LogP contribution in [0.5, 0.6) is 11.5 Å². The van der Waals surface area contributed by atoms with E-state index in [0.717, 1.165) is 11.3 Å². The molecular formula is C25H23N3O7S3. The number of methoxy groups -OCH3 is 2. The molecule has 0 fully saturated rings. The topological polar surface area (TPSA) is 140 Å². The Kier molecular flexibility index (Phi) is 7.90. The second-order valence-electron chi connectivity index (χ2n) is 7.77. The van der Waals surface area contributed by atoms with E-state index >= 15 is 0 Å². The van der Waals surface area contributed by atoms with E-state index in [1.807, 2.05) is 0 Å². The first-order chi connectivity index (χ1) is 18.1. The van der Waals surface area contributed by atoms with E-state index in [0.29, 0.717) is 22.9 Å². The monoisotopic (exact) mass is 573 g/mol. The molecule has 4 aromatic rings. The zero-order valence-electron chi connectivity index (χ0n) is 20.2. The number of rotatable bonds is 10. The Bertz CT molecular complexity index is 1640. The van der Waals surface area contributed by atoms with Crippen LogP contribution in [0, 0.1) is 0 Å². The molecule has 0 aliphatic heterocycles. The number of nitrogens with one attached hydrogen (secondary N) is 3. The van der Waals surface area contributed by atoms with Gasteiger partial charge in [0.05, 0.1) is 24.8 Å². The van der Waals surface area contributed by atoms with Crippen LogP contribution in [0.25, 0.3) is 0 Å². The summed E-state index contributed by atoms with van der Waals surface area (Å²) in [6.45, 7) is 0. The highest BCUT2D eigenvalue weighted by Crippen LogP contribution is 2.31. The van der Waals surface area contributed by atoms with Gasteiger partial charge >= 0.3 is 0 Å². The lowest BCUT2D eigenvalue weighted by Gasteiger charge is -2.13. The Hall–Kier alpha value is -4.07. The molecule has 3 aromatic carbocycles. The van der Waals surface area contributed by atoms with Gasteiger partial charge in [-0.2, -0.15) is 0 Å². The van der Waals surface area contributed by atoms with Crippen molar-refractivity contribution in [3.05, 3.63) is 89.8 Å². The molecule has 0 aliphatic rings. The van der Waals surface area contributed by atoms with Crippen molar-refractivity contribution >= 4 is 54.4 Å². The number of sulfonamides is 2. The van der Waals surface area contributed by atoms with Crippen LogP contribution < -0.4 is 24.2 Å². The molecule has 198 valence electrons. The lowest BCUT2D eigenvalue weighted by Crippen LogP contribution is -2.15. The molecule has 0 atom stereocenters. The van der Waals surface area contributed by atoms with Crippen molar-refractivity contribution in [2.75, 3.05) is 29.0 Å². The van der Waals surface area contributed by atoms with E-state index < -0.39 is 26.0 Å². The van der Waals surface area contributed by atoms with Crippen molar-refractivity contribution in [2.45, 2.75) is 9.10 Å². The lowest BCUT2D eigenvalue weighted by molar-refractivity contribution is 0.102. The number of amides is 1. The SMILES string of the molecule is COc1ccc(NS(=O)(=O)c2ccc(NC(=O)c3ccc(NS(=O)(=O)c4cccs4)cc3)cc2)c(OC)c1. The molecular weight excluding hydrogens is 550 g/mol. The quantitative estimate of drug-likeness (QED) is 0.252. The number of ether oxygens (including phenoxy) is 2. The van der Waals surface area contributed by atoms with Crippen molar-refractivity contribution in [3.8, 4) is 11.5 Å². The predicted molar refractivity (Wildman–Crippen MR) is 146 cm³/mol. The Morgan fingerprint density at radius 2 is 1.45 bits per heavy atom. The third-order valence-corrected chi connectivity index (χ3v) is 9.39. The molecule has 1 heterocycles. The molecule has 0 radical (unpaired) electrons. The zero-order valence-corrected chi connectivity index (χ0v) is 22.6. The summed E-state index contributed by atoms with van der Waals surface area (Å²) in [5.74, 6) is 0.357. The van der Waals surface area contributed by atoms with Gasteiger partial charge in [-0.15, -0.1) is 11.3 Å². The molecule has 1 aromatic heterocycles. The highest BCUT2D eigenvalue weighted by Gasteiger charge is 2.18. The Labute approximate surface area is 224 Å². The fourth-order valence-corrected chi connectivity index (χ4v) is 6.44. The summed E-state index contributed by atoms with van der Waals surface area (Å²) in [4.78, 5) is 12.6. The molecule has 3 N–H and O–H groups in total. The minimum atomic E-state index is -3.94. The standard InChI is InChI=1S/C25H23N3O7S3/c1-34-20-11-14-22(23(16-20)35-2)28-37(30,31)21-12-9-18(10-13-21)26-25(29)17-5-7-19(8-6-17)27-38(32,33)24-4-3-15-36-24/h3-16,27-28H,1-2H3,(H,26,29).